The summed E-state index contributed by atoms with van der Waals surface area (Å²) in [6.07, 6.45) is 5.42. The molecule has 0 aliphatic heterocycles. The van der Waals surface area contributed by atoms with E-state index in [1.807, 2.05) is 19.1 Å². The van der Waals surface area contributed by atoms with E-state index in [1.165, 1.54) is 25.7 Å². The van der Waals surface area contributed by atoms with Crippen molar-refractivity contribution in [3.63, 3.8) is 0 Å². The first kappa shape index (κ1) is 12.5. The summed E-state index contributed by atoms with van der Waals surface area (Å²) in [6.45, 7) is 2.79. The molecule has 0 aromatic heterocycles. The van der Waals surface area contributed by atoms with Gasteiger partial charge < -0.3 is 11.1 Å². The second-order valence-corrected chi connectivity index (χ2v) is 6.12. The summed E-state index contributed by atoms with van der Waals surface area (Å²) in [6, 6.07) is 5.51. The van der Waals surface area contributed by atoms with Gasteiger partial charge in [0.25, 0.3) is 5.91 Å². The summed E-state index contributed by atoms with van der Waals surface area (Å²) >= 11 is 0. The van der Waals surface area contributed by atoms with Gasteiger partial charge >= 0.3 is 0 Å². The summed E-state index contributed by atoms with van der Waals surface area (Å²) in [4.78, 5) is 12.2. The highest BCUT2D eigenvalue weighted by molar-refractivity contribution is 5.96. The quantitative estimate of drug-likeness (QED) is 0.798. The van der Waals surface area contributed by atoms with Crippen LogP contribution in [0.2, 0.25) is 0 Å². The van der Waals surface area contributed by atoms with E-state index >= 15 is 0 Å². The molecule has 2 aliphatic carbocycles. The maximum Gasteiger partial charge on any atom is 0.251 e. The Labute approximate surface area is 114 Å². The molecule has 2 aliphatic rings. The first-order valence-corrected chi connectivity index (χ1v) is 7.29. The number of amides is 1. The van der Waals surface area contributed by atoms with Gasteiger partial charge in [-0.1, -0.05) is 6.07 Å². The van der Waals surface area contributed by atoms with Crippen molar-refractivity contribution in [2.24, 2.45) is 17.8 Å². The lowest BCUT2D eigenvalue weighted by Gasteiger charge is -2.16. The number of anilines is 1. The van der Waals surface area contributed by atoms with Crippen molar-refractivity contribution < 1.29 is 4.79 Å². The minimum atomic E-state index is 0.0242. The minimum absolute atomic E-state index is 0.0242. The van der Waals surface area contributed by atoms with Crippen LogP contribution in [0, 0.1) is 24.7 Å². The first-order valence-electron chi connectivity index (χ1n) is 7.29. The van der Waals surface area contributed by atoms with E-state index in [0.29, 0.717) is 17.2 Å². The Balaban J connectivity index is 1.62. The van der Waals surface area contributed by atoms with E-state index in [0.717, 1.165) is 23.9 Å². The Morgan fingerprint density at radius 1 is 1.32 bits per heavy atom. The monoisotopic (exact) mass is 258 g/mol. The third-order valence-corrected chi connectivity index (χ3v) is 4.46. The molecule has 1 amide bonds. The molecule has 2 fully saturated rings. The van der Waals surface area contributed by atoms with Crippen molar-refractivity contribution >= 4 is 11.6 Å². The number of rotatable bonds is 5. The molecule has 102 valence electrons. The SMILES string of the molecule is Cc1ccc(N)cc1C(=O)NCC(C1CC1)C1CC1. The number of nitrogens with two attached hydrogens (primary N) is 1. The van der Waals surface area contributed by atoms with Crippen LogP contribution in [0.4, 0.5) is 5.69 Å². The van der Waals surface area contributed by atoms with Crippen molar-refractivity contribution in [2.75, 3.05) is 12.3 Å². The second kappa shape index (κ2) is 4.87. The van der Waals surface area contributed by atoms with Crippen LogP contribution in [0.15, 0.2) is 18.2 Å². The van der Waals surface area contributed by atoms with Crippen molar-refractivity contribution in [1.82, 2.24) is 5.32 Å². The van der Waals surface area contributed by atoms with Gasteiger partial charge in [0.05, 0.1) is 0 Å². The molecule has 0 spiro atoms. The molecule has 1 aromatic carbocycles. The normalized spacial score (nSPS) is 18.6. The Morgan fingerprint density at radius 3 is 2.53 bits per heavy atom. The molecule has 0 saturated heterocycles. The lowest BCUT2D eigenvalue weighted by Crippen LogP contribution is -2.31. The Kier molecular flexibility index (Phi) is 3.21. The zero-order valence-corrected chi connectivity index (χ0v) is 11.5. The first-order chi connectivity index (χ1) is 9.15. The molecule has 0 heterocycles. The van der Waals surface area contributed by atoms with E-state index < -0.39 is 0 Å². The van der Waals surface area contributed by atoms with Crippen LogP contribution >= 0.6 is 0 Å². The number of carbonyl (C=O) groups is 1. The summed E-state index contributed by atoms with van der Waals surface area (Å²) in [7, 11) is 0. The number of hydrogen-bond donors (Lipinski definition) is 2. The molecule has 3 heteroatoms. The molecule has 19 heavy (non-hydrogen) atoms. The van der Waals surface area contributed by atoms with Crippen LogP contribution < -0.4 is 11.1 Å². The van der Waals surface area contributed by atoms with Gasteiger partial charge in [-0.3, -0.25) is 4.79 Å². The fourth-order valence-electron chi connectivity index (χ4n) is 2.96. The lowest BCUT2D eigenvalue weighted by atomic mass is 9.97. The molecular weight excluding hydrogens is 236 g/mol. The van der Waals surface area contributed by atoms with E-state index in [2.05, 4.69) is 5.32 Å². The van der Waals surface area contributed by atoms with Crippen molar-refractivity contribution in [1.29, 1.82) is 0 Å². The molecule has 3 nitrogen and oxygen atoms in total. The average molecular weight is 258 g/mol. The Bertz CT molecular complexity index is 478. The van der Waals surface area contributed by atoms with E-state index in [-0.39, 0.29) is 5.91 Å². The van der Waals surface area contributed by atoms with E-state index in [9.17, 15) is 4.79 Å². The van der Waals surface area contributed by atoms with Crippen molar-refractivity contribution in [3.05, 3.63) is 29.3 Å². The van der Waals surface area contributed by atoms with Gasteiger partial charge in [-0.25, -0.2) is 0 Å². The molecule has 3 rings (SSSR count). The summed E-state index contributed by atoms with van der Waals surface area (Å²) in [5.41, 5.74) is 8.11. The van der Waals surface area contributed by atoms with Crippen LogP contribution in [-0.4, -0.2) is 12.5 Å². The van der Waals surface area contributed by atoms with Crippen molar-refractivity contribution in [3.8, 4) is 0 Å². The van der Waals surface area contributed by atoms with Gasteiger partial charge in [-0.2, -0.15) is 0 Å². The fraction of sp³-hybridized carbons (Fsp3) is 0.562. The molecule has 3 N–H and O–H groups in total. The third kappa shape index (κ3) is 2.91. The maximum atomic E-state index is 12.2. The smallest absolute Gasteiger partial charge is 0.251 e. The highest BCUT2D eigenvalue weighted by Gasteiger charge is 2.41. The largest absolute Gasteiger partial charge is 0.399 e. The van der Waals surface area contributed by atoms with Gasteiger partial charge in [-0.05, 0) is 68.1 Å². The number of nitrogens with one attached hydrogen (secondary N) is 1. The van der Waals surface area contributed by atoms with Crippen LogP contribution in [0.25, 0.3) is 0 Å². The Hall–Kier alpha value is -1.51. The molecule has 0 atom stereocenters. The van der Waals surface area contributed by atoms with Crippen molar-refractivity contribution in [2.45, 2.75) is 32.6 Å². The highest BCUT2D eigenvalue weighted by atomic mass is 16.1. The van der Waals surface area contributed by atoms with Gasteiger partial charge in [-0.15, -0.1) is 0 Å². The molecular formula is C16H22N2O. The summed E-state index contributed by atoms with van der Waals surface area (Å²) < 4.78 is 0. The average Bonchev–Trinajstić information content (AvgIpc) is 3.25. The zero-order valence-electron chi connectivity index (χ0n) is 11.5. The van der Waals surface area contributed by atoms with Crippen LogP contribution in [0.5, 0.6) is 0 Å². The number of aryl methyl sites for hydroxylation is 1. The minimum Gasteiger partial charge on any atom is -0.399 e. The standard InChI is InChI=1S/C16H22N2O/c1-10-2-7-13(17)8-14(10)16(19)18-9-15(11-3-4-11)12-5-6-12/h2,7-8,11-12,15H,3-6,9,17H2,1H3,(H,18,19). The van der Waals surface area contributed by atoms with Crippen LogP contribution in [0.3, 0.4) is 0 Å². The number of hydrogen-bond acceptors (Lipinski definition) is 2. The topological polar surface area (TPSA) is 55.1 Å². The predicted octanol–water partition coefficient (Wildman–Crippen LogP) is 2.74. The van der Waals surface area contributed by atoms with E-state index in [4.69, 9.17) is 5.73 Å². The maximum absolute atomic E-state index is 12.2. The molecule has 1 aromatic rings. The predicted molar refractivity (Wildman–Crippen MR) is 76.9 cm³/mol. The third-order valence-electron chi connectivity index (χ3n) is 4.46. The van der Waals surface area contributed by atoms with Gasteiger partial charge in [0.1, 0.15) is 0 Å². The van der Waals surface area contributed by atoms with Gasteiger partial charge in [0.2, 0.25) is 0 Å². The lowest BCUT2D eigenvalue weighted by molar-refractivity contribution is 0.0943. The number of nitrogen functional groups attached to an aromatic ring is 1. The second-order valence-electron chi connectivity index (χ2n) is 6.12. The number of benzene rings is 1. The molecule has 0 bridgehead atoms. The van der Waals surface area contributed by atoms with E-state index in [1.54, 1.807) is 6.07 Å². The molecule has 2 saturated carbocycles. The zero-order chi connectivity index (χ0) is 13.4. The number of carbonyl (C=O) groups excluding carboxylic acids is 1. The fourth-order valence-corrected chi connectivity index (χ4v) is 2.96. The highest BCUT2D eigenvalue weighted by Crippen LogP contribution is 2.48. The molecule has 0 radical (unpaired) electrons. The van der Waals surface area contributed by atoms with Crippen LogP contribution in [-0.2, 0) is 0 Å². The summed E-state index contributed by atoms with van der Waals surface area (Å²) in [5.74, 6) is 2.48. The van der Waals surface area contributed by atoms with Crippen LogP contribution in [0.1, 0.15) is 41.6 Å². The van der Waals surface area contributed by atoms with Gasteiger partial charge in [0.15, 0.2) is 0 Å². The molecule has 0 unspecified atom stereocenters. The summed E-state index contributed by atoms with van der Waals surface area (Å²) in [5, 5.41) is 3.12. The van der Waals surface area contributed by atoms with Gasteiger partial charge in [0, 0.05) is 17.8 Å². The Morgan fingerprint density at radius 2 is 1.95 bits per heavy atom.